The Kier molecular flexibility index (Phi) is 2.85. The van der Waals surface area contributed by atoms with Crippen LogP contribution in [0.1, 0.15) is 12.8 Å². The van der Waals surface area contributed by atoms with Crippen LogP contribution in [0.25, 0.3) is 10.9 Å². The van der Waals surface area contributed by atoms with Gasteiger partial charge in [-0.2, -0.15) is 0 Å². The fourth-order valence-electron chi connectivity index (χ4n) is 3.53. The van der Waals surface area contributed by atoms with E-state index >= 15 is 0 Å². The van der Waals surface area contributed by atoms with Gasteiger partial charge in [0.25, 0.3) is 5.56 Å². The van der Waals surface area contributed by atoms with Crippen LogP contribution in [0.2, 0.25) is 0 Å². The predicted octanol–water partition coefficient (Wildman–Crippen LogP) is 1.01. The second kappa shape index (κ2) is 4.73. The quantitative estimate of drug-likeness (QED) is 0.717. The first-order chi connectivity index (χ1) is 10.2. The van der Waals surface area contributed by atoms with E-state index in [9.17, 15) is 4.79 Å². The molecule has 0 radical (unpaired) electrons. The van der Waals surface area contributed by atoms with Gasteiger partial charge in [0.2, 0.25) is 5.95 Å². The summed E-state index contributed by atoms with van der Waals surface area (Å²) in [6, 6.07) is 5.61. The standard InChI is InChI=1S/C15H19N5O/c16-10-1-2-12-11(7-10)14(21)19-15(17-12)18-13-8-20-5-3-9(13)4-6-20/h1-2,7,9,13H,3-6,8,16H2,(H2,17,18,19,21). The van der Waals surface area contributed by atoms with E-state index in [2.05, 4.69) is 20.2 Å². The third-order valence-electron chi connectivity index (χ3n) is 4.71. The van der Waals surface area contributed by atoms with Crippen LogP contribution in [0.15, 0.2) is 23.0 Å². The first-order valence-electron chi connectivity index (χ1n) is 7.47. The molecule has 21 heavy (non-hydrogen) atoms. The first-order valence-corrected chi connectivity index (χ1v) is 7.47. The van der Waals surface area contributed by atoms with Gasteiger partial charge >= 0.3 is 0 Å². The summed E-state index contributed by atoms with van der Waals surface area (Å²) in [4.78, 5) is 22.0. The van der Waals surface area contributed by atoms with Crippen molar-refractivity contribution >= 4 is 22.5 Å². The number of anilines is 2. The second-order valence-electron chi connectivity index (χ2n) is 6.08. The average Bonchev–Trinajstić information content (AvgIpc) is 2.49. The molecule has 0 spiro atoms. The molecule has 1 atom stereocenters. The Balaban J connectivity index is 1.65. The van der Waals surface area contributed by atoms with Crippen LogP contribution < -0.4 is 16.6 Å². The van der Waals surface area contributed by atoms with E-state index in [1.54, 1.807) is 18.2 Å². The lowest BCUT2D eigenvalue weighted by molar-refractivity contribution is 0.0972. The highest BCUT2D eigenvalue weighted by Gasteiger charge is 2.34. The van der Waals surface area contributed by atoms with Gasteiger partial charge in [0.1, 0.15) is 0 Å². The monoisotopic (exact) mass is 285 g/mol. The van der Waals surface area contributed by atoms with Gasteiger partial charge in [0, 0.05) is 18.3 Å². The lowest BCUT2D eigenvalue weighted by Gasteiger charge is -2.45. The molecule has 0 saturated carbocycles. The zero-order chi connectivity index (χ0) is 14.4. The van der Waals surface area contributed by atoms with E-state index in [-0.39, 0.29) is 5.56 Å². The molecule has 1 aromatic heterocycles. The highest BCUT2D eigenvalue weighted by Crippen LogP contribution is 2.29. The predicted molar refractivity (Wildman–Crippen MR) is 83.4 cm³/mol. The van der Waals surface area contributed by atoms with Gasteiger partial charge in [-0.05, 0) is 50.0 Å². The zero-order valence-corrected chi connectivity index (χ0v) is 11.8. The topological polar surface area (TPSA) is 87.0 Å². The summed E-state index contributed by atoms with van der Waals surface area (Å²) in [5.41, 5.74) is 6.83. The third-order valence-corrected chi connectivity index (χ3v) is 4.71. The number of rotatable bonds is 2. The van der Waals surface area contributed by atoms with Gasteiger partial charge in [-0.3, -0.25) is 9.78 Å². The maximum atomic E-state index is 12.2. The molecule has 3 saturated heterocycles. The molecule has 6 nitrogen and oxygen atoms in total. The average molecular weight is 285 g/mol. The highest BCUT2D eigenvalue weighted by molar-refractivity contribution is 5.81. The Hall–Kier alpha value is -2.08. The minimum Gasteiger partial charge on any atom is -0.399 e. The van der Waals surface area contributed by atoms with Gasteiger partial charge in [0.05, 0.1) is 10.9 Å². The van der Waals surface area contributed by atoms with Crippen molar-refractivity contribution in [1.82, 2.24) is 14.9 Å². The van der Waals surface area contributed by atoms with Crippen molar-refractivity contribution in [2.45, 2.75) is 18.9 Å². The highest BCUT2D eigenvalue weighted by atomic mass is 16.1. The smallest absolute Gasteiger partial charge is 0.260 e. The molecule has 110 valence electrons. The van der Waals surface area contributed by atoms with Crippen LogP contribution in [-0.4, -0.2) is 40.5 Å². The van der Waals surface area contributed by atoms with E-state index in [0.717, 1.165) is 6.54 Å². The lowest BCUT2D eigenvalue weighted by Crippen LogP contribution is -2.53. The number of H-pyrrole nitrogens is 1. The summed E-state index contributed by atoms with van der Waals surface area (Å²) < 4.78 is 0. The molecule has 4 N–H and O–H groups in total. The maximum absolute atomic E-state index is 12.2. The van der Waals surface area contributed by atoms with Crippen LogP contribution in [0.4, 0.5) is 11.6 Å². The van der Waals surface area contributed by atoms with Crippen molar-refractivity contribution in [3.63, 3.8) is 0 Å². The number of hydrogen-bond donors (Lipinski definition) is 3. The van der Waals surface area contributed by atoms with Crippen LogP contribution in [0.5, 0.6) is 0 Å². The summed E-state index contributed by atoms with van der Waals surface area (Å²) in [6.07, 6.45) is 2.46. The largest absolute Gasteiger partial charge is 0.399 e. The zero-order valence-electron chi connectivity index (χ0n) is 11.8. The molecular weight excluding hydrogens is 266 g/mol. The maximum Gasteiger partial charge on any atom is 0.260 e. The van der Waals surface area contributed by atoms with Crippen molar-refractivity contribution in [2.75, 3.05) is 30.7 Å². The molecule has 3 aliphatic heterocycles. The van der Waals surface area contributed by atoms with Gasteiger partial charge in [0.15, 0.2) is 0 Å². The normalized spacial score (nSPS) is 27.9. The van der Waals surface area contributed by atoms with Crippen molar-refractivity contribution in [3.05, 3.63) is 28.6 Å². The van der Waals surface area contributed by atoms with E-state index in [4.69, 9.17) is 5.73 Å². The molecule has 1 unspecified atom stereocenters. The summed E-state index contributed by atoms with van der Waals surface area (Å²) >= 11 is 0. The van der Waals surface area contributed by atoms with Gasteiger partial charge < -0.3 is 16.0 Å². The first kappa shape index (κ1) is 12.6. The molecular formula is C15H19N5O. The van der Waals surface area contributed by atoms with E-state index in [1.807, 2.05) is 0 Å². The number of fused-ring (bicyclic) bond motifs is 4. The number of nitrogens with zero attached hydrogens (tertiary/aromatic N) is 2. The number of hydrogen-bond acceptors (Lipinski definition) is 5. The van der Waals surface area contributed by atoms with E-state index in [1.165, 1.54) is 25.9 Å². The summed E-state index contributed by atoms with van der Waals surface area (Å²) in [6.45, 7) is 3.43. The van der Waals surface area contributed by atoms with Crippen LogP contribution in [0.3, 0.4) is 0 Å². The van der Waals surface area contributed by atoms with Crippen molar-refractivity contribution < 1.29 is 0 Å². The number of aromatic nitrogens is 2. The van der Waals surface area contributed by atoms with Gasteiger partial charge in [-0.25, -0.2) is 4.98 Å². The molecule has 2 aromatic rings. The lowest BCUT2D eigenvalue weighted by atomic mass is 9.84. The van der Waals surface area contributed by atoms with Crippen LogP contribution >= 0.6 is 0 Å². The summed E-state index contributed by atoms with van der Waals surface area (Å²) in [5.74, 6) is 1.25. The van der Waals surface area contributed by atoms with Crippen molar-refractivity contribution in [2.24, 2.45) is 5.92 Å². The third kappa shape index (κ3) is 2.25. The van der Waals surface area contributed by atoms with Gasteiger partial charge in [-0.1, -0.05) is 0 Å². The minimum absolute atomic E-state index is 0.143. The van der Waals surface area contributed by atoms with Crippen LogP contribution in [0, 0.1) is 5.92 Å². The SMILES string of the molecule is Nc1ccc2nc(NC3CN4CCC3CC4)[nH]c(=O)c2c1. The molecule has 3 aliphatic rings. The van der Waals surface area contributed by atoms with E-state index in [0.29, 0.717) is 34.5 Å². The Morgan fingerprint density at radius 1 is 1.33 bits per heavy atom. The number of benzene rings is 1. The molecule has 4 heterocycles. The number of piperidine rings is 3. The van der Waals surface area contributed by atoms with Crippen molar-refractivity contribution in [3.8, 4) is 0 Å². The molecule has 5 rings (SSSR count). The van der Waals surface area contributed by atoms with Gasteiger partial charge in [-0.15, -0.1) is 0 Å². The summed E-state index contributed by atoms with van der Waals surface area (Å²) in [5, 5.41) is 3.96. The summed E-state index contributed by atoms with van der Waals surface area (Å²) in [7, 11) is 0. The number of nitrogens with one attached hydrogen (secondary N) is 2. The second-order valence-corrected chi connectivity index (χ2v) is 6.08. The number of aromatic amines is 1. The Labute approximate surface area is 122 Å². The Morgan fingerprint density at radius 2 is 2.14 bits per heavy atom. The molecule has 3 fully saturated rings. The Morgan fingerprint density at radius 3 is 2.86 bits per heavy atom. The van der Waals surface area contributed by atoms with Crippen LogP contribution in [-0.2, 0) is 0 Å². The Bertz CT molecular complexity index is 732. The van der Waals surface area contributed by atoms with E-state index < -0.39 is 0 Å². The minimum atomic E-state index is -0.143. The van der Waals surface area contributed by atoms with Crippen molar-refractivity contribution in [1.29, 1.82) is 0 Å². The number of nitrogen functional groups attached to an aromatic ring is 1. The molecule has 0 amide bonds. The fourth-order valence-corrected chi connectivity index (χ4v) is 3.53. The molecule has 1 aromatic carbocycles. The number of nitrogens with two attached hydrogens (primary N) is 1. The molecule has 6 heteroatoms. The molecule has 0 aliphatic carbocycles. The fraction of sp³-hybridized carbons (Fsp3) is 0.467. The molecule has 2 bridgehead atoms.